The summed E-state index contributed by atoms with van der Waals surface area (Å²) < 4.78 is 16.1. The molecule has 1 atom stereocenters. The summed E-state index contributed by atoms with van der Waals surface area (Å²) in [5.41, 5.74) is 3.81. The second kappa shape index (κ2) is 7.60. The molecule has 3 aromatic heterocycles. The van der Waals surface area contributed by atoms with Crippen LogP contribution in [0.25, 0.3) is 27.5 Å². The van der Waals surface area contributed by atoms with Gasteiger partial charge in [0.25, 0.3) is 5.56 Å². The van der Waals surface area contributed by atoms with E-state index in [0.29, 0.717) is 22.2 Å². The van der Waals surface area contributed by atoms with Crippen molar-refractivity contribution in [3.63, 3.8) is 0 Å². The van der Waals surface area contributed by atoms with Crippen LogP contribution in [0.4, 0.5) is 10.2 Å². The number of anilines is 1. The molecule has 32 heavy (non-hydrogen) atoms. The summed E-state index contributed by atoms with van der Waals surface area (Å²) in [6, 6.07) is 15.3. The highest BCUT2D eigenvalue weighted by Crippen LogP contribution is 2.29. The Hall–Kier alpha value is -4.00. The Kier molecular flexibility index (Phi) is 4.74. The summed E-state index contributed by atoms with van der Waals surface area (Å²) in [7, 11) is 0. The van der Waals surface area contributed by atoms with Crippen molar-refractivity contribution < 1.29 is 4.39 Å². The van der Waals surface area contributed by atoms with Crippen LogP contribution in [0.15, 0.2) is 65.8 Å². The zero-order chi connectivity index (χ0) is 22.4. The van der Waals surface area contributed by atoms with Crippen LogP contribution in [-0.2, 0) is 0 Å². The molecule has 6 nitrogen and oxygen atoms in total. The summed E-state index contributed by atoms with van der Waals surface area (Å²) in [4.78, 5) is 24.9. The van der Waals surface area contributed by atoms with E-state index in [9.17, 15) is 9.18 Å². The van der Waals surface area contributed by atoms with Crippen LogP contribution in [0.5, 0.6) is 0 Å². The van der Waals surface area contributed by atoms with Gasteiger partial charge in [0.05, 0.1) is 22.5 Å². The molecule has 0 aliphatic carbocycles. The molecule has 0 unspecified atom stereocenters. The topological polar surface area (TPSA) is 75.6 Å². The highest BCUT2D eigenvalue weighted by Gasteiger charge is 2.20. The van der Waals surface area contributed by atoms with Gasteiger partial charge in [0.1, 0.15) is 17.8 Å². The number of aryl methyl sites for hydroxylation is 2. The molecule has 0 saturated heterocycles. The number of aromatic amines is 1. The first kappa shape index (κ1) is 19.9. The van der Waals surface area contributed by atoms with Gasteiger partial charge in [0.15, 0.2) is 5.82 Å². The van der Waals surface area contributed by atoms with Gasteiger partial charge < -0.3 is 10.3 Å². The molecule has 5 aromatic rings. The first-order valence-corrected chi connectivity index (χ1v) is 10.4. The van der Waals surface area contributed by atoms with Crippen molar-refractivity contribution in [1.82, 2.24) is 19.5 Å². The van der Waals surface area contributed by atoms with Crippen molar-refractivity contribution >= 4 is 27.6 Å². The average Bonchev–Trinajstić information content (AvgIpc) is 3.16. The van der Waals surface area contributed by atoms with Gasteiger partial charge in [0.2, 0.25) is 0 Å². The molecule has 3 heterocycles. The molecule has 0 aliphatic rings. The lowest BCUT2D eigenvalue weighted by Gasteiger charge is -2.23. The highest BCUT2D eigenvalue weighted by atomic mass is 19.1. The minimum absolute atomic E-state index is 0.0841. The number of para-hydroxylation sites is 1. The number of benzene rings is 2. The van der Waals surface area contributed by atoms with Crippen molar-refractivity contribution in [1.29, 1.82) is 0 Å². The molecular weight excluding hydrogens is 405 g/mol. The number of H-pyrrole nitrogens is 1. The van der Waals surface area contributed by atoms with E-state index in [2.05, 4.69) is 20.3 Å². The highest BCUT2D eigenvalue weighted by molar-refractivity contribution is 5.88. The van der Waals surface area contributed by atoms with Gasteiger partial charge in [-0.25, -0.2) is 14.4 Å². The van der Waals surface area contributed by atoms with Crippen LogP contribution in [0.2, 0.25) is 0 Å². The number of hydrogen-bond donors (Lipinski definition) is 2. The van der Waals surface area contributed by atoms with Gasteiger partial charge >= 0.3 is 0 Å². The smallest absolute Gasteiger partial charge is 0.263 e. The van der Waals surface area contributed by atoms with Gasteiger partial charge in [-0.05, 0) is 49.4 Å². The Morgan fingerprint density at radius 3 is 2.62 bits per heavy atom. The second-order valence-electron chi connectivity index (χ2n) is 7.98. The lowest BCUT2D eigenvalue weighted by molar-refractivity contribution is 0.639. The summed E-state index contributed by atoms with van der Waals surface area (Å²) in [5.74, 6) is -0.0601. The maximum atomic E-state index is 14.4. The summed E-state index contributed by atoms with van der Waals surface area (Å²) in [5, 5.41) is 5.14. The van der Waals surface area contributed by atoms with Gasteiger partial charge in [0, 0.05) is 11.9 Å². The van der Waals surface area contributed by atoms with E-state index in [1.54, 1.807) is 4.57 Å². The number of nitrogens with zero attached hydrogens (tertiary/aromatic N) is 3. The number of fused-ring (bicyclic) bond motifs is 2. The summed E-state index contributed by atoms with van der Waals surface area (Å²) >= 11 is 0. The molecule has 2 aromatic carbocycles. The Morgan fingerprint density at radius 1 is 1.03 bits per heavy atom. The first-order chi connectivity index (χ1) is 15.5. The number of nitrogens with one attached hydrogen (secondary N) is 2. The van der Waals surface area contributed by atoms with E-state index in [1.807, 2.05) is 69.3 Å². The molecule has 0 radical (unpaired) electrons. The number of pyridine rings is 1. The maximum Gasteiger partial charge on any atom is 0.263 e. The van der Waals surface area contributed by atoms with E-state index in [-0.39, 0.29) is 11.6 Å². The van der Waals surface area contributed by atoms with Crippen molar-refractivity contribution in [3.8, 4) is 5.69 Å². The quantitative estimate of drug-likeness (QED) is 0.414. The predicted molar refractivity (Wildman–Crippen MR) is 125 cm³/mol. The van der Waals surface area contributed by atoms with Crippen molar-refractivity contribution in [2.45, 2.75) is 26.8 Å². The predicted octanol–water partition coefficient (Wildman–Crippen LogP) is 5.19. The fraction of sp³-hybridized carbons (Fsp3) is 0.160. The number of rotatable bonds is 4. The Bertz CT molecular complexity index is 1540. The first-order valence-electron chi connectivity index (χ1n) is 10.4. The van der Waals surface area contributed by atoms with Crippen LogP contribution in [0.3, 0.4) is 0 Å². The minimum atomic E-state index is -0.430. The standard InChI is InChI=1S/C25H22FN5O/c1-14-7-4-5-10-19(14)31-20(11-17-9-6-8-15(2)21(17)25(31)32)16(3)30-24-22-18(26)12-27-23(22)28-13-29-24/h4-13,16H,1-3H3,(H2,27,28,29,30)/t16-/m0/s1. The van der Waals surface area contributed by atoms with Gasteiger partial charge in [-0.1, -0.05) is 36.4 Å². The van der Waals surface area contributed by atoms with Crippen LogP contribution < -0.4 is 10.9 Å². The van der Waals surface area contributed by atoms with E-state index in [1.165, 1.54) is 12.5 Å². The Balaban J connectivity index is 1.74. The van der Waals surface area contributed by atoms with Gasteiger partial charge in [-0.2, -0.15) is 0 Å². The molecule has 7 heteroatoms. The van der Waals surface area contributed by atoms with E-state index < -0.39 is 5.82 Å². The third-order valence-corrected chi connectivity index (χ3v) is 5.86. The third-order valence-electron chi connectivity index (χ3n) is 5.86. The zero-order valence-corrected chi connectivity index (χ0v) is 18.0. The van der Waals surface area contributed by atoms with E-state index in [4.69, 9.17) is 0 Å². The number of hydrogen-bond acceptors (Lipinski definition) is 4. The van der Waals surface area contributed by atoms with E-state index >= 15 is 0 Å². The van der Waals surface area contributed by atoms with Gasteiger partial charge in [-0.15, -0.1) is 0 Å². The molecule has 0 fully saturated rings. The molecule has 2 N–H and O–H groups in total. The molecule has 0 amide bonds. The van der Waals surface area contributed by atoms with Crippen LogP contribution in [-0.4, -0.2) is 19.5 Å². The van der Waals surface area contributed by atoms with Crippen molar-refractivity contribution in [3.05, 3.63) is 94.0 Å². The molecule has 0 bridgehead atoms. The average molecular weight is 427 g/mol. The molecule has 0 aliphatic heterocycles. The second-order valence-corrected chi connectivity index (χ2v) is 7.98. The molecule has 0 spiro atoms. The van der Waals surface area contributed by atoms with Crippen LogP contribution >= 0.6 is 0 Å². The SMILES string of the molecule is Cc1ccccc1-n1c([C@H](C)Nc2ncnc3[nH]cc(F)c23)cc2cccc(C)c2c1=O. The fourth-order valence-electron chi connectivity index (χ4n) is 4.25. The molecule has 160 valence electrons. The number of halogens is 1. The van der Waals surface area contributed by atoms with Crippen molar-refractivity contribution in [2.24, 2.45) is 0 Å². The lowest BCUT2D eigenvalue weighted by atomic mass is 10.0. The normalized spacial score (nSPS) is 12.4. The largest absolute Gasteiger partial charge is 0.361 e. The van der Waals surface area contributed by atoms with Crippen molar-refractivity contribution in [2.75, 3.05) is 5.32 Å². The van der Waals surface area contributed by atoms with E-state index in [0.717, 1.165) is 27.9 Å². The molecule has 5 rings (SSSR count). The fourth-order valence-corrected chi connectivity index (χ4v) is 4.25. The zero-order valence-electron chi connectivity index (χ0n) is 18.0. The monoisotopic (exact) mass is 427 g/mol. The maximum absolute atomic E-state index is 14.4. The summed E-state index contributed by atoms with van der Waals surface area (Å²) in [6.45, 7) is 5.86. The Morgan fingerprint density at radius 2 is 1.81 bits per heavy atom. The van der Waals surface area contributed by atoms with Crippen LogP contribution in [0, 0.1) is 19.7 Å². The van der Waals surface area contributed by atoms with Crippen LogP contribution in [0.1, 0.15) is 29.8 Å². The molecule has 0 saturated carbocycles. The lowest BCUT2D eigenvalue weighted by Crippen LogP contribution is -2.26. The minimum Gasteiger partial charge on any atom is -0.361 e. The summed E-state index contributed by atoms with van der Waals surface area (Å²) in [6.07, 6.45) is 2.64. The molecular formula is C25H22FN5O. The van der Waals surface area contributed by atoms with Gasteiger partial charge in [-0.3, -0.25) is 9.36 Å². The number of aromatic nitrogens is 4. The Labute approximate surface area is 183 Å². The third kappa shape index (κ3) is 3.13.